The molecule has 1 atom stereocenters. The van der Waals surface area contributed by atoms with Crippen molar-refractivity contribution in [2.45, 2.75) is 18.2 Å². The second-order valence-electron chi connectivity index (χ2n) is 7.26. The monoisotopic (exact) mass is 476 g/mol. The molecule has 0 N–H and O–H groups in total. The van der Waals surface area contributed by atoms with E-state index in [2.05, 4.69) is 9.40 Å². The normalized spacial score (nSPS) is 12.4. The molecule has 10 heteroatoms. The van der Waals surface area contributed by atoms with Gasteiger partial charge < -0.3 is 9.40 Å². The number of aromatic nitrogens is 1. The van der Waals surface area contributed by atoms with Crippen LogP contribution in [0.4, 0.5) is 0 Å². The lowest BCUT2D eigenvalue weighted by Crippen LogP contribution is -2.13. The highest BCUT2D eigenvalue weighted by atomic mass is 32.2. The molecule has 0 radical (unpaired) electrons. The molecule has 0 aliphatic heterocycles. The summed E-state index contributed by atoms with van der Waals surface area (Å²) in [6, 6.07) is 18.5. The average molecular weight is 477 g/mol. The maximum atomic E-state index is 12.2. The van der Waals surface area contributed by atoms with E-state index < -0.39 is 25.7 Å². The summed E-state index contributed by atoms with van der Waals surface area (Å²) in [6.07, 6.45) is 1.71. The fourth-order valence-electron chi connectivity index (χ4n) is 3.44. The second-order valence-corrected chi connectivity index (χ2v) is 11.0. The predicted molar refractivity (Wildman–Crippen MR) is 124 cm³/mol. The van der Waals surface area contributed by atoms with Crippen LogP contribution < -0.4 is 0 Å². The van der Waals surface area contributed by atoms with Gasteiger partial charge in [0.1, 0.15) is 6.61 Å². The van der Waals surface area contributed by atoms with Crippen molar-refractivity contribution >= 4 is 20.6 Å². The molecule has 0 aliphatic carbocycles. The van der Waals surface area contributed by atoms with Crippen molar-refractivity contribution in [3.8, 4) is 16.9 Å². The Morgan fingerprint density at radius 2 is 1.72 bits per heavy atom. The zero-order chi connectivity index (χ0) is 23.3. The Morgan fingerprint density at radius 3 is 2.31 bits per heavy atom. The summed E-state index contributed by atoms with van der Waals surface area (Å²) in [5, 5.41) is 9.35. The minimum Gasteiger partial charge on any atom is -0.314 e. The second kappa shape index (κ2) is 10.1. The third-order valence-electron chi connectivity index (χ3n) is 5.05. The molecule has 2 aromatic carbocycles. The van der Waals surface area contributed by atoms with Gasteiger partial charge in [0, 0.05) is 39.9 Å². The van der Waals surface area contributed by atoms with Crippen molar-refractivity contribution in [1.82, 2.24) is 4.57 Å². The molecule has 0 aliphatic rings. The first-order chi connectivity index (χ1) is 15.2. The summed E-state index contributed by atoms with van der Waals surface area (Å²) >= 11 is 0. The predicted octanol–water partition coefficient (Wildman–Crippen LogP) is 3.36. The van der Waals surface area contributed by atoms with Crippen LogP contribution in [0.15, 0.2) is 65.6 Å². The number of aryl methyl sites for hydroxylation is 1. The van der Waals surface area contributed by atoms with Crippen molar-refractivity contribution < 1.29 is 22.6 Å². The fourth-order valence-corrected chi connectivity index (χ4v) is 4.98. The molecule has 3 rings (SSSR count). The number of sulfone groups is 1. The quantitative estimate of drug-likeness (QED) is 0.328. The van der Waals surface area contributed by atoms with Gasteiger partial charge in [-0.2, -0.15) is 0 Å². The smallest absolute Gasteiger partial charge is 0.294 e. The van der Waals surface area contributed by atoms with Crippen LogP contribution in [-0.4, -0.2) is 46.6 Å². The van der Waals surface area contributed by atoms with E-state index in [9.17, 15) is 22.7 Å². The lowest BCUT2D eigenvalue weighted by molar-refractivity contribution is -0.756. The maximum absolute atomic E-state index is 12.2. The maximum Gasteiger partial charge on any atom is 0.294 e. The van der Waals surface area contributed by atoms with E-state index in [1.54, 1.807) is 24.3 Å². The molecule has 0 amide bonds. The van der Waals surface area contributed by atoms with Gasteiger partial charge >= 0.3 is 0 Å². The van der Waals surface area contributed by atoms with Gasteiger partial charge in [-0.15, -0.1) is 10.1 Å². The van der Waals surface area contributed by atoms with E-state index >= 15 is 0 Å². The van der Waals surface area contributed by atoms with Crippen LogP contribution in [0.5, 0.6) is 0 Å². The Bertz CT molecular complexity index is 1220. The van der Waals surface area contributed by atoms with Crippen LogP contribution in [0.2, 0.25) is 0 Å². The van der Waals surface area contributed by atoms with Crippen molar-refractivity contribution in [2.24, 2.45) is 0 Å². The van der Waals surface area contributed by atoms with E-state index in [0.29, 0.717) is 12.2 Å². The van der Waals surface area contributed by atoms with Crippen LogP contribution >= 0.6 is 0 Å². The van der Waals surface area contributed by atoms with Crippen LogP contribution in [0, 0.1) is 17.0 Å². The topological polar surface area (TPSA) is 109 Å². The van der Waals surface area contributed by atoms with Crippen LogP contribution in [-0.2, 0) is 31.9 Å². The Hall–Kier alpha value is -2.98. The number of benzene rings is 2. The van der Waals surface area contributed by atoms with Gasteiger partial charge in [-0.3, -0.25) is 4.21 Å². The molecular formula is C22H24N2O6S2. The standard InChI is InChI=1S/C22H24N2O6S2/c1-17-19(12-14-31(27)15-13-30-24(25)26)16-22(23(17)20-6-4-3-5-7-20)18-8-10-21(11-9-18)32(2,28)29/h3-11,16H,12-15H2,1-2H3. The van der Waals surface area contributed by atoms with Crippen molar-refractivity contribution in [2.75, 3.05) is 24.4 Å². The molecular weight excluding hydrogens is 452 g/mol. The van der Waals surface area contributed by atoms with Crippen molar-refractivity contribution in [3.63, 3.8) is 0 Å². The van der Waals surface area contributed by atoms with Gasteiger partial charge in [0.25, 0.3) is 5.09 Å². The third kappa shape index (κ3) is 5.83. The lowest BCUT2D eigenvalue weighted by atomic mass is 10.1. The summed E-state index contributed by atoms with van der Waals surface area (Å²) in [6.45, 7) is 1.79. The van der Waals surface area contributed by atoms with Crippen LogP contribution in [0.3, 0.4) is 0 Å². The summed E-state index contributed by atoms with van der Waals surface area (Å²) < 4.78 is 37.9. The minimum atomic E-state index is -3.29. The highest BCUT2D eigenvalue weighted by molar-refractivity contribution is 7.90. The van der Waals surface area contributed by atoms with E-state index in [1.807, 2.05) is 43.3 Å². The highest BCUT2D eigenvalue weighted by Crippen LogP contribution is 2.30. The van der Waals surface area contributed by atoms with Crippen molar-refractivity contribution in [3.05, 3.63) is 82.0 Å². The highest BCUT2D eigenvalue weighted by Gasteiger charge is 2.16. The van der Waals surface area contributed by atoms with E-state index in [4.69, 9.17) is 0 Å². The van der Waals surface area contributed by atoms with Gasteiger partial charge in [-0.1, -0.05) is 30.3 Å². The van der Waals surface area contributed by atoms with E-state index in [-0.39, 0.29) is 17.3 Å². The average Bonchev–Trinajstić information content (AvgIpc) is 3.08. The molecule has 8 nitrogen and oxygen atoms in total. The van der Waals surface area contributed by atoms with Gasteiger partial charge in [0.05, 0.1) is 10.6 Å². The first kappa shape index (κ1) is 23.7. The molecule has 0 fully saturated rings. The van der Waals surface area contributed by atoms with Gasteiger partial charge in [-0.05, 0) is 54.8 Å². The lowest BCUT2D eigenvalue weighted by Gasteiger charge is -2.13. The molecule has 3 aromatic rings. The molecule has 1 aromatic heterocycles. The molecule has 170 valence electrons. The van der Waals surface area contributed by atoms with Crippen molar-refractivity contribution in [1.29, 1.82) is 0 Å². The largest absolute Gasteiger partial charge is 0.314 e. The molecule has 0 saturated carbocycles. The number of nitrogens with zero attached hydrogens (tertiary/aromatic N) is 2. The Kier molecular flexibility index (Phi) is 7.47. The molecule has 32 heavy (non-hydrogen) atoms. The van der Waals surface area contributed by atoms with Gasteiger partial charge in [0.2, 0.25) is 0 Å². The zero-order valence-electron chi connectivity index (χ0n) is 17.8. The van der Waals surface area contributed by atoms with Crippen LogP contribution in [0.25, 0.3) is 16.9 Å². The number of hydrogen-bond donors (Lipinski definition) is 0. The Morgan fingerprint density at radius 1 is 1.06 bits per heavy atom. The summed E-state index contributed by atoms with van der Waals surface area (Å²) in [4.78, 5) is 14.7. The number of hydrogen-bond acceptors (Lipinski definition) is 6. The minimum absolute atomic E-state index is 0.0965. The van der Waals surface area contributed by atoms with Gasteiger partial charge in [0.15, 0.2) is 9.84 Å². The third-order valence-corrected chi connectivity index (χ3v) is 7.46. The SMILES string of the molecule is Cc1c(CCS(=O)CCO[N+](=O)[O-])cc(-c2ccc(S(C)(=O)=O)cc2)n1-c1ccccc1. The molecule has 1 heterocycles. The number of para-hydroxylation sites is 1. The molecule has 1 unspecified atom stereocenters. The Balaban J connectivity index is 1.91. The van der Waals surface area contributed by atoms with E-state index in [1.165, 1.54) is 6.26 Å². The number of rotatable bonds is 10. The van der Waals surface area contributed by atoms with Crippen LogP contribution in [0.1, 0.15) is 11.3 Å². The molecule has 0 spiro atoms. The first-order valence-corrected chi connectivity index (χ1v) is 13.2. The molecule has 0 saturated heterocycles. The molecule has 0 bridgehead atoms. The Labute approximate surface area is 189 Å². The summed E-state index contributed by atoms with van der Waals surface area (Å²) in [7, 11) is -4.54. The first-order valence-electron chi connectivity index (χ1n) is 9.86. The summed E-state index contributed by atoms with van der Waals surface area (Å²) in [5.74, 6) is 0.451. The van der Waals surface area contributed by atoms with E-state index in [0.717, 1.165) is 28.2 Å². The fraction of sp³-hybridized carbons (Fsp3) is 0.273. The summed E-state index contributed by atoms with van der Waals surface area (Å²) in [5.41, 5.74) is 4.69. The zero-order valence-corrected chi connectivity index (χ0v) is 19.4. The van der Waals surface area contributed by atoms with Gasteiger partial charge in [-0.25, -0.2) is 8.42 Å².